The maximum atomic E-state index is 8.91. The van der Waals surface area contributed by atoms with E-state index in [1.165, 1.54) is 0 Å². The molecule has 6 nitrogen and oxygen atoms in total. The lowest BCUT2D eigenvalue weighted by atomic mass is 10.1. The van der Waals surface area contributed by atoms with Crippen LogP contribution in [0.4, 0.5) is 0 Å². The van der Waals surface area contributed by atoms with E-state index >= 15 is 0 Å². The van der Waals surface area contributed by atoms with Crippen molar-refractivity contribution in [1.82, 2.24) is 15.1 Å². The highest BCUT2D eigenvalue weighted by Crippen LogP contribution is 2.21. The minimum Gasteiger partial charge on any atom is -0.394 e. The number of hydrogen-bond acceptors (Lipinski definition) is 6. The monoisotopic (exact) mass is 234 g/mol. The van der Waals surface area contributed by atoms with Gasteiger partial charge in [-0.1, -0.05) is 12.1 Å². The van der Waals surface area contributed by atoms with Gasteiger partial charge in [-0.2, -0.15) is 4.98 Å². The van der Waals surface area contributed by atoms with Gasteiger partial charge in [0.2, 0.25) is 11.7 Å². The predicted octanol–water partition coefficient (Wildman–Crippen LogP) is 0.686. The summed E-state index contributed by atoms with van der Waals surface area (Å²) in [5.74, 6) is 0.713. The van der Waals surface area contributed by atoms with E-state index in [0.29, 0.717) is 5.82 Å². The van der Waals surface area contributed by atoms with Crippen molar-refractivity contribution in [2.45, 2.75) is 19.4 Å². The lowest BCUT2D eigenvalue weighted by molar-refractivity contribution is 0.237. The molecule has 2 aromatic rings. The van der Waals surface area contributed by atoms with E-state index in [4.69, 9.17) is 15.4 Å². The Morgan fingerprint density at radius 3 is 3.06 bits per heavy atom. The van der Waals surface area contributed by atoms with Crippen molar-refractivity contribution in [2.24, 2.45) is 5.73 Å². The molecule has 0 radical (unpaired) electrons. The number of pyridine rings is 1. The van der Waals surface area contributed by atoms with Crippen molar-refractivity contribution in [2.75, 3.05) is 6.61 Å². The SMILES string of the molecule is CCc1cnccc1-c1noc([C@@H](N)CO)n1. The Bertz CT molecular complexity index is 498. The summed E-state index contributed by atoms with van der Waals surface area (Å²) in [6.45, 7) is 1.81. The molecule has 0 spiro atoms. The molecule has 3 N–H and O–H groups in total. The summed E-state index contributed by atoms with van der Waals surface area (Å²) >= 11 is 0. The number of aryl methyl sites for hydroxylation is 1. The van der Waals surface area contributed by atoms with Gasteiger partial charge in [0, 0.05) is 18.0 Å². The molecule has 17 heavy (non-hydrogen) atoms. The molecule has 0 aliphatic heterocycles. The average Bonchev–Trinajstić information content (AvgIpc) is 2.87. The summed E-state index contributed by atoms with van der Waals surface area (Å²) in [7, 11) is 0. The third-order valence-electron chi connectivity index (χ3n) is 2.48. The second-order valence-electron chi connectivity index (χ2n) is 3.63. The molecule has 0 saturated carbocycles. The molecule has 2 aromatic heterocycles. The first-order valence-electron chi connectivity index (χ1n) is 5.39. The third-order valence-corrected chi connectivity index (χ3v) is 2.48. The third kappa shape index (κ3) is 2.32. The molecule has 0 aliphatic rings. The van der Waals surface area contributed by atoms with E-state index in [0.717, 1.165) is 17.5 Å². The number of rotatable bonds is 4. The highest BCUT2D eigenvalue weighted by molar-refractivity contribution is 5.58. The molecule has 2 rings (SSSR count). The fourth-order valence-electron chi connectivity index (χ4n) is 1.50. The summed E-state index contributed by atoms with van der Waals surface area (Å²) in [6, 6.07) is 1.20. The highest BCUT2D eigenvalue weighted by Gasteiger charge is 2.16. The average molecular weight is 234 g/mol. The minimum absolute atomic E-state index is 0.224. The topological polar surface area (TPSA) is 98.1 Å². The first-order chi connectivity index (χ1) is 8.26. The molecule has 90 valence electrons. The fourth-order valence-corrected chi connectivity index (χ4v) is 1.50. The molecule has 0 fully saturated rings. The summed E-state index contributed by atoms with van der Waals surface area (Å²) in [6.07, 6.45) is 4.28. The van der Waals surface area contributed by atoms with E-state index < -0.39 is 6.04 Å². The molecular formula is C11H14N4O2. The van der Waals surface area contributed by atoms with Crippen LogP contribution in [0.1, 0.15) is 24.4 Å². The Balaban J connectivity index is 2.37. The molecule has 0 bridgehead atoms. The van der Waals surface area contributed by atoms with Gasteiger partial charge >= 0.3 is 0 Å². The molecule has 0 aliphatic carbocycles. The Morgan fingerprint density at radius 2 is 2.35 bits per heavy atom. The van der Waals surface area contributed by atoms with Crippen molar-refractivity contribution in [1.29, 1.82) is 0 Å². The van der Waals surface area contributed by atoms with Crippen LogP contribution in [0.15, 0.2) is 23.0 Å². The summed E-state index contributed by atoms with van der Waals surface area (Å²) in [4.78, 5) is 8.22. The lowest BCUT2D eigenvalue weighted by Crippen LogP contribution is -2.14. The molecule has 0 amide bonds. The molecule has 6 heteroatoms. The molecule has 2 heterocycles. The number of hydrogen-bond donors (Lipinski definition) is 2. The molecule has 0 saturated heterocycles. The maximum absolute atomic E-state index is 8.91. The second kappa shape index (κ2) is 5.03. The van der Waals surface area contributed by atoms with Gasteiger partial charge in [0.1, 0.15) is 6.04 Å². The standard InChI is InChI=1S/C11H14N4O2/c1-2-7-5-13-4-3-8(7)10-14-11(17-15-10)9(12)6-16/h3-5,9,16H,2,6,12H2,1H3/t9-/m0/s1. The van der Waals surface area contributed by atoms with Crippen LogP contribution in [0, 0.1) is 0 Å². The van der Waals surface area contributed by atoms with Gasteiger partial charge in [-0.25, -0.2) is 0 Å². The fraction of sp³-hybridized carbons (Fsp3) is 0.364. The summed E-state index contributed by atoms with van der Waals surface area (Å²) in [5.41, 5.74) is 7.51. The zero-order chi connectivity index (χ0) is 12.3. The number of aromatic nitrogens is 3. The molecule has 0 aromatic carbocycles. The largest absolute Gasteiger partial charge is 0.394 e. The number of nitrogens with zero attached hydrogens (tertiary/aromatic N) is 3. The Morgan fingerprint density at radius 1 is 1.53 bits per heavy atom. The predicted molar refractivity (Wildman–Crippen MR) is 60.9 cm³/mol. The van der Waals surface area contributed by atoms with Crippen molar-refractivity contribution in [3.63, 3.8) is 0 Å². The van der Waals surface area contributed by atoms with E-state index in [-0.39, 0.29) is 12.5 Å². The number of aliphatic hydroxyl groups excluding tert-OH is 1. The maximum Gasteiger partial charge on any atom is 0.246 e. The van der Waals surface area contributed by atoms with Gasteiger partial charge in [0.15, 0.2) is 0 Å². The minimum atomic E-state index is -0.636. The van der Waals surface area contributed by atoms with Crippen LogP contribution in [-0.2, 0) is 6.42 Å². The van der Waals surface area contributed by atoms with Gasteiger partial charge < -0.3 is 15.4 Å². The van der Waals surface area contributed by atoms with Gasteiger partial charge in [-0.15, -0.1) is 0 Å². The normalized spacial score (nSPS) is 12.6. The molecular weight excluding hydrogens is 220 g/mol. The van der Waals surface area contributed by atoms with E-state index in [1.807, 2.05) is 13.0 Å². The van der Waals surface area contributed by atoms with Crippen LogP contribution in [0.2, 0.25) is 0 Å². The smallest absolute Gasteiger partial charge is 0.246 e. The molecule has 0 unspecified atom stereocenters. The Labute approximate surface area is 98.5 Å². The Kier molecular flexibility index (Phi) is 3.46. The first-order valence-corrected chi connectivity index (χ1v) is 5.39. The number of nitrogens with two attached hydrogens (primary N) is 1. The van der Waals surface area contributed by atoms with Crippen LogP contribution >= 0.6 is 0 Å². The second-order valence-corrected chi connectivity index (χ2v) is 3.63. The number of aliphatic hydroxyl groups is 1. The van der Waals surface area contributed by atoms with Crippen molar-refractivity contribution < 1.29 is 9.63 Å². The summed E-state index contributed by atoms with van der Waals surface area (Å²) in [5, 5.41) is 12.8. The Hall–Kier alpha value is -1.79. The van der Waals surface area contributed by atoms with Gasteiger partial charge in [-0.3, -0.25) is 4.98 Å². The highest BCUT2D eigenvalue weighted by atomic mass is 16.5. The quantitative estimate of drug-likeness (QED) is 0.807. The first kappa shape index (κ1) is 11.7. The lowest BCUT2D eigenvalue weighted by Gasteiger charge is -2.01. The van der Waals surface area contributed by atoms with E-state index in [9.17, 15) is 0 Å². The van der Waals surface area contributed by atoms with Crippen LogP contribution in [0.25, 0.3) is 11.4 Å². The van der Waals surface area contributed by atoms with Crippen LogP contribution in [0.3, 0.4) is 0 Å². The zero-order valence-corrected chi connectivity index (χ0v) is 9.50. The molecule has 1 atom stereocenters. The van der Waals surface area contributed by atoms with Crippen LogP contribution in [0.5, 0.6) is 0 Å². The zero-order valence-electron chi connectivity index (χ0n) is 9.50. The van der Waals surface area contributed by atoms with Crippen molar-refractivity contribution >= 4 is 0 Å². The summed E-state index contributed by atoms with van der Waals surface area (Å²) < 4.78 is 5.00. The van der Waals surface area contributed by atoms with E-state index in [2.05, 4.69) is 15.1 Å². The van der Waals surface area contributed by atoms with Gasteiger partial charge in [0.25, 0.3) is 0 Å². The van der Waals surface area contributed by atoms with Crippen molar-refractivity contribution in [3.8, 4) is 11.4 Å². The van der Waals surface area contributed by atoms with Crippen molar-refractivity contribution in [3.05, 3.63) is 29.9 Å². The van der Waals surface area contributed by atoms with Crippen LogP contribution < -0.4 is 5.73 Å². The van der Waals surface area contributed by atoms with E-state index in [1.54, 1.807) is 12.4 Å². The van der Waals surface area contributed by atoms with Gasteiger partial charge in [-0.05, 0) is 18.1 Å². The van der Waals surface area contributed by atoms with Gasteiger partial charge in [0.05, 0.1) is 6.61 Å². The van der Waals surface area contributed by atoms with Crippen LogP contribution in [-0.4, -0.2) is 26.8 Å².